The van der Waals surface area contributed by atoms with E-state index < -0.39 is 10.0 Å². The predicted octanol–water partition coefficient (Wildman–Crippen LogP) is 4.30. The van der Waals surface area contributed by atoms with Crippen molar-refractivity contribution >= 4 is 38.8 Å². The average Bonchev–Trinajstić information content (AvgIpc) is 3.41. The molecule has 1 saturated heterocycles. The van der Waals surface area contributed by atoms with E-state index in [9.17, 15) is 12.8 Å². The molecule has 0 bridgehead atoms. The minimum atomic E-state index is -3.56. The molecule has 0 amide bonds. The van der Waals surface area contributed by atoms with Gasteiger partial charge in [0.05, 0.1) is 21.0 Å². The van der Waals surface area contributed by atoms with Crippen LogP contribution in [0.5, 0.6) is 0 Å². The zero-order valence-electron chi connectivity index (χ0n) is 18.9. The van der Waals surface area contributed by atoms with Crippen LogP contribution in [0.3, 0.4) is 0 Å². The Morgan fingerprint density at radius 2 is 1.69 bits per heavy atom. The maximum Gasteiger partial charge on any atom is 0.243 e. The van der Waals surface area contributed by atoms with Gasteiger partial charge in [0.15, 0.2) is 0 Å². The molecule has 3 heterocycles. The summed E-state index contributed by atoms with van der Waals surface area (Å²) in [6.45, 7) is 3.48. The number of hydrogen-bond acceptors (Lipinski definition) is 8. The van der Waals surface area contributed by atoms with Crippen LogP contribution in [0.25, 0.3) is 10.6 Å². The lowest BCUT2D eigenvalue weighted by Crippen LogP contribution is -2.49. The van der Waals surface area contributed by atoms with Crippen LogP contribution in [-0.4, -0.2) is 53.9 Å². The molecule has 11 heteroatoms. The number of nitrogens with zero attached hydrogens (tertiary/aromatic N) is 5. The molecule has 180 valence electrons. The minimum absolute atomic E-state index is 0.297. The predicted molar refractivity (Wildman–Crippen MR) is 135 cm³/mol. The topological polar surface area (TPSA) is 91.3 Å². The lowest BCUT2D eigenvalue weighted by atomic mass is 10.2. The Labute approximate surface area is 207 Å². The number of sulfonamides is 1. The zero-order valence-corrected chi connectivity index (χ0v) is 20.6. The molecule has 5 rings (SSSR count). The molecule has 1 aliphatic heterocycles. The Morgan fingerprint density at radius 3 is 2.34 bits per heavy atom. The maximum absolute atomic E-state index is 13.3. The van der Waals surface area contributed by atoms with Crippen LogP contribution in [0.2, 0.25) is 0 Å². The van der Waals surface area contributed by atoms with Crippen molar-refractivity contribution < 1.29 is 12.8 Å². The van der Waals surface area contributed by atoms with E-state index in [1.807, 2.05) is 17.9 Å². The molecule has 35 heavy (non-hydrogen) atoms. The Kier molecular flexibility index (Phi) is 6.46. The monoisotopic (exact) mass is 510 g/mol. The molecular weight excluding hydrogens is 487 g/mol. The summed E-state index contributed by atoms with van der Waals surface area (Å²) >= 11 is 1.47. The summed E-state index contributed by atoms with van der Waals surface area (Å²) in [4.78, 5) is 16.7. The number of benzene rings is 2. The first-order chi connectivity index (χ1) is 16.9. The summed E-state index contributed by atoms with van der Waals surface area (Å²) in [6, 6.07) is 14.7. The van der Waals surface area contributed by atoms with Gasteiger partial charge in [0, 0.05) is 44.1 Å². The van der Waals surface area contributed by atoms with Crippen molar-refractivity contribution in [2.24, 2.45) is 0 Å². The van der Waals surface area contributed by atoms with Crippen molar-refractivity contribution in [2.45, 2.75) is 11.8 Å². The van der Waals surface area contributed by atoms with Gasteiger partial charge in [0.25, 0.3) is 0 Å². The summed E-state index contributed by atoms with van der Waals surface area (Å²) in [6.07, 6.45) is 1.74. The highest BCUT2D eigenvalue weighted by atomic mass is 32.2. The number of aryl methyl sites for hydroxylation is 1. The molecular formula is C24H23FN6O2S2. The van der Waals surface area contributed by atoms with Crippen LogP contribution in [0.1, 0.15) is 5.56 Å². The number of nitrogens with one attached hydrogen (secondary N) is 1. The van der Waals surface area contributed by atoms with Gasteiger partial charge in [-0.2, -0.15) is 9.29 Å². The number of piperazine rings is 1. The SMILES string of the molecule is Cc1ccc(S(=O)(=O)N2CCN(c3nc(Nc4ccc(F)cc4)cc(-c4cncs4)n3)CC2)cc1. The molecule has 0 spiro atoms. The molecule has 4 aromatic rings. The number of hydrogen-bond donors (Lipinski definition) is 1. The molecule has 0 radical (unpaired) electrons. The molecule has 2 aromatic heterocycles. The van der Waals surface area contributed by atoms with Gasteiger partial charge in [-0.05, 0) is 43.3 Å². The highest BCUT2D eigenvalue weighted by Gasteiger charge is 2.29. The van der Waals surface area contributed by atoms with Crippen molar-refractivity contribution in [1.29, 1.82) is 0 Å². The summed E-state index contributed by atoms with van der Waals surface area (Å²) in [5.74, 6) is 0.732. The van der Waals surface area contributed by atoms with E-state index in [4.69, 9.17) is 4.98 Å². The van der Waals surface area contributed by atoms with Gasteiger partial charge >= 0.3 is 0 Å². The molecule has 1 N–H and O–H groups in total. The fourth-order valence-electron chi connectivity index (χ4n) is 3.78. The quantitative estimate of drug-likeness (QED) is 0.413. The van der Waals surface area contributed by atoms with Gasteiger partial charge in [-0.1, -0.05) is 17.7 Å². The van der Waals surface area contributed by atoms with Gasteiger partial charge in [0.2, 0.25) is 16.0 Å². The number of thiazole rings is 1. The van der Waals surface area contributed by atoms with Crippen LogP contribution in [0, 0.1) is 12.7 Å². The van der Waals surface area contributed by atoms with E-state index >= 15 is 0 Å². The van der Waals surface area contributed by atoms with Crippen LogP contribution >= 0.6 is 11.3 Å². The average molecular weight is 511 g/mol. The third kappa shape index (κ3) is 5.16. The number of anilines is 3. The van der Waals surface area contributed by atoms with Crippen LogP contribution in [0.15, 0.2) is 71.2 Å². The number of halogens is 1. The van der Waals surface area contributed by atoms with E-state index in [2.05, 4.69) is 15.3 Å². The second-order valence-electron chi connectivity index (χ2n) is 8.14. The van der Waals surface area contributed by atoms with E-state index in [1.54, 1.807) is 48.1 Å². The van der Waals surface area contributed by atoms with Crippen LogP contribution < -0.4 is 10.2 Å². The third-order valence-corrected chi connectivity index (χ3v) is 8.40. The molecule has 0 atom stereocenters. The molecule has 0 aliphatic carbocycles. The Balaban J connectivity index is 1.38. The Morgan fingerprint density at radius 1 is 0.971 bits per heavy atom. The van der Waals surface area contributed by atoms with E-state index in [-0.39, 0.29) is 5.82 Å². The summed E-state index contributed by atoms with van der Waals surface area (Å²) in [5.41, 5.74) is 4.15. The van der Waals surface area contributed by atoms with Crippen molar-refractivity contribution in [3.63, 3.8) is 0 Å². The molecule has 1 aliphatic rings. The Bertz CT molecular complexity index is 1400. The fraction of sp³-hybridized carbons (Fsp3) is 0.208. The van der Waals surface area contributed by atoms with Crippen LogP contribution in [0.4, 0.5) is 21.8 Å². The highest BCUT2D eigenvalue weighted by molar-refractivity contribution is 7.89. The Hall–Kier alpha value is -3.41. The molecule has 1 fully saturated rings. The second-order valence-corrected chi connectivity index (χ2v) is 11.0. The minimum Gasteiger partial charge on any atom is -0.340 e. The summed E-state index contributed by atoms with van der Waals surface area (Å²) < 4.78 is 40.9. The third-order valence-electron chi connectivity index (χ3n) is 5.70. The van der Waals surface area contributed by atoms with E-state index in [0.717, 1.165) is 10.4 Å². The van der Waals surface area contributed by atoms with Crippen molar-refractivity contribution in [3.05, 3.63) is 77.7 Å². The molecule has 0 unspecified atom stereocenters. The summed E-state index contributed by atoms with van der Waals surface area (Å²) in [7, 11) is -3.56. The number of rotatable bonds is 6. The van der Waals surface area contributed by atoms with E-state index in [0.29, 0.717) is 54.2 Å². The lowest BCUT2D eigenvalue weighted by molar-refractivity contribution is 0.382. The highest BCUT2D eigenvalue weighted by Crippen LogP contribution is 2.28. The van der Waals surface area contributed by atoms with Crippen LogP contribution in [-0.2, 0) is 10.0 Å². The summed E-state index contributed by atoms with van der Waals surface area (Å²) in [5, 5.41) is 3.21. The van der Waals surface area contributed by atoms with Gasteiger partial charge in [-0.15, -0.1) is 11.3 Å². The largest absolute Gasteiger partial charge is 0.340 e. The van der Waals surface area contributed by atoms with E-state index in [1.165, 1.54) is 27.8 Å². The zero-order chi connectivity index (χ0) is 24.4. The first kappa shape index (κ1) is 23.3. The van der Waals surface area contributed by atoms with Crippen molar-refractivity contribution in [1.82, 2.24) is 19.3 Å². The molecule has 0 saturated carbocycles. The molecule has 8 nitrogen and oxygen atoms in total. The van der Waals surface area contributed by atoms with Gasteiger partial charge < -0.3 is 10.2 Å². The number of aromatic nitrogens is 3. The van der Waals surface area contributed by atoms with Gasteiger partial charge in [-0.25, -0.2) is 17.8 Å². The van der Waals surface area contributed by atoms with Crippen molar-refractivity contribution in [2.75, 3.05) is 36.4 Å². The van der Waals surface area contributed by atoms with Gasteiger partial charge in [0.1, 0.15) is 11.6 Å². The smallest absolute Gasteiger partial charge is 0.243 e. The second kappa shape index (κ2) is 9.68. The normalized spacial score (nSPS) is 14.7. The standard InChI is InChI=1S/C24H23FN6O2S2/c1-17-2-8-20(9-3-17)35(32,33)31-12-10-30(11-13-31)24-28-21(22-15-26-16-34-22)14-23(29-24)27-19-6-4-18(25)5-7-19/h2-9,14-16H,10-13H2,1H3,(H,27,28,29). The first-order valence-electron chi connectivity index (χ1n) is 11.0. The first-order valence-corrected chi connectivity index (χ1v) is 13.3. The fourth-order valence-corrected chi connectivity index (χ4v) is 5.78. The molecule has 2 aromatic carbocycles. The van der Waals surface area contributed by atoms with Gasteiger partial charge in [-0.3, -0.25) is 4.98 Å². The lowest BCUT2D eigenvalue weighted by Gasteiger charge is -2.34. The maximum atomic E-state index is 13.3. The van der Waals surface area contributed by atoms with Crippen molar-refractivity contribution in [3.8, 4) is 10.6 Å².